The predicted octanol–water partition coefficient (Wildman–Crippen LogP) is 10.7. The fourth-order valence-electron chi connectivity index (χ4n) is 6.41. The van der Waals surface area contributed by atoms with E-state index in [0.29, 0.717) is 0 Å². The van der Waals surface area contributed by atoms with E-state index < -0.39 is 0 Å². The van der Waals surface area contributed by atoms with Crippen LogP contribution in [0.1, 0.15) is 0 Å². The Bertz CT molecular complexity index is 2350. The molecule has 0 amide bonds. The highest BCUT2D eigenvalue weighted by Crippen LogP contribution is 2.46. The van der Waals surface area contributed by atoms with Crippen LogP contribution in [-0.2, 0) is 0 Å². The summed E-state index contributed by atoms with van der Waals surface area (Å²) in [4.78, 5) is 0. The van der Waals surface area contributed by atoms with Gasteiger partial charge in [0.2, 0.25) is 0 Å². The molecular weight excluding hydrogens is 494 g/mol. The van der Waals surface area contributed by atoms with Gasteiger partial charge in [-0.25, -0.2) is 0 Å². The summed E-state index contributed by atoms with van der Waals surface area (Å²) in [6.07, 6.45) is 0. The van der Waals surface area contributed by atoms with E-state index in [0.717, 1.165) is 16.6 Å². The van der Waals surface area contributed by atoms with Crippen LogP contribution in [0, 0.1) is 0 Å². The van der Waals surface area contributed by atoms with E-state index in [9.17, 15) is 0 Å². The first kappa shape index (κ1) is 21.1. The van der Waals surface area contributed by atoms with E-state index in [1.54, 1.807) is 0 Å². The van der Waals surface area contributed by atoms with Gasteiger partial charge in [0.1, 0.15) is 11.2 Å². The average Bonchev–Trinajstić information content (AvgIpc) is 3.66. The van der Waals surface area contributed by atoms with Crippen molar-refractivity contribution in [2.75, 3.05) is 0 Å². The summed E-state index contributed by atoms with van der Waals surface area (Å²) in [6, 6.07) is 45.7. The zero-order valence-corrected chi connectivity index (χ0v) is 21.7. The number of thiophene rings is 1. The Labute approximate surface area is 227 Å². The van der Waals surface area contributed by atoms with Crippen molar-refractivity contribution >= 4 is 75.3 Å². The van der Waals surface area contributed by atoms with Gasteiger partial charge >= 0.3 is 0 Å². The van der Waals surface area contributed by atoms with Crippen molar-refractivity contribution < 1.29 is 4.42 Å². The maximum Gasteiger partial charge on any atom is 0.136 e. The molecule has 9 rings (SSSR count). The van der Waals surface area contributed by atoms with Gasteiger partial charge in [-0.05, 0) is 47.5 Å². The molecule has 0 aliphatic heterocycles. The van der Waals surface area contributed by atoms with Crippen LogP contribution in [0.5, 0.6) is 0 Å². The van der Waals surface area contributed by atoms with E-state index in [1.807, 2.05) is 17.4 Å². The molecule has 3 heteroatoms. The number of nitrogens with zero attached hydrogens (tertiary/aromatic N) is 1. The quantitative estimate of drug-likeness (QED) is 0.224. The maximum absolute atomic E-state index is 6.24. The number of benzene rings is 6. The van der Waals surface area contributed by atoms with Crippen LogP contribution in [0.25, 0.3) is 80.7 Å². The molecule has 3 heterocycles. The van der Waals surface area contributed by atoms with Crippen LogP contribution in [0.2, 0.25) is 0 Å². The summed E-state index contributed by atoms with van der Waals surface area (Å²) >= 11 is 1.88. The highest BCUT2D eigenvalue weighted by atomic mass is 32.1. The average molecular weight is 516 g/mol. The Balaban J connectivity index is 1.40. The Morgan fingerprint density at radius 3 is 1.85 bits per heavy atom. The molecule has 0 atom stereocenters. The molecule has 9 aromatic rings. The van der Waals surface area contributed by atoms with Crippen molar-refractivity contribution in [1.29, 1.82) is 0 Å². The third-order valence-corrected chi connectivity index (χ3v) is 9.21. The summed E-state index contributed by atoms with van der Waals surface area (Å²) in [5.74, 6) is 0. The summed E-state index contributed by atoms with van der Waals surface area (Å²) in [6.45, 7) is 0. The molecule has 39 heavy (non-hydrogen) atoms. The monoisotopic (exact) mass is 515 g/mol. The van der Waals surface area contributed by atoms with E-state index >= 15 is 0 Å². The molecule has 182 valence electrons. The molecule has 6 aromatic carbocycles. The van der Waals surface area contributed by atoms with Crippen molar-refractivity contribution in [1.82, 2.24) is 4.57 Å². The lowest BCUT2D eigenvalue weighted by atomic mass is 9.95. The zero-order chi connectivity index (χ0) is 25.5. The molecule has 2 nitrogen and oxygen atoms in total. The lowest BCUT2D eigenvalue weighted by Crippen LogP contribution is -1.93. The molecule has 0 unspecified atom stereocenters. The topological polar surface area (TPSA) is 18.1 Å². The number of hydrogen-bond acceptors (Lipinski definition) is 2. The second-order valence-electron chi connectivity index (χ2n) is 10.1. The SMILES string of the molecule is c1ccc2c(c1)oc1cccc(-c3cccc4sc5c(-n6c7ccccc7c7ccccc76)cccc5c34)c12. The fourth-order valence-corrected chi connectivity index (χ4v) is 7.65. The molecule has 0 fully saturated rings. The molecule has 0 spiro atoms. The Kier molecular flexibility index (Phi) is 4.24. The minimum Gasteiger partial charge on any atom is -0.456 e. The number of hydrogen-bond donors (Lipinski definition) is 0. The molecule has 0 bridgehead atoms. The first-order valence-corrected chi connectivity index (χ1v) is 14.0. The van der Waals surface area contributed by atoms with Gasteiger partial charge in [-0.15, -0.1) is 11.3 Å². The van der Waals surface area contributed by atoms with Gasteiger partial charge in [0, 0.05) is 37.0 Å². The summed E-state index contributed by atoms with van der Waals surface area (Å²) in [5.41, 5.74) is 8.01. The third-order valence-electron chi connectivity index (χ3n) is 8.02. The minimum absolute atomic E-state index is 0.927. The van der Waals surface area contributed by atoms with E-state index in [-0.39, 0.29) is 0 Å². The highest BCUT2D eigenvalue weighted by Gasteiger charge is 2.19. The van der Waals surface area contributed by atoms with Crippen LogP contribution in [0.3, 0.4) is 0 Å². The maximum atomic E-state index is 6.24. The Morgan fingerprint density at radius 1 is 0.462 bits per heavy atom. The van der Waals surface area contributed by atoms with Crippen LogP contribution in [0.15, 0.2) is 132 Å². The summed E-state index contributed by atoms with van der Waals surface area (Å²) in [7, 11) is 0. The second kappa shape index (κ2) is 7.83. The van der Waals surface area contributed by atoms with Crippen LogP contribution in [-0.4, -0.2) is 4.57 Å². The predicted molar refractivity (Wildman–Crippen MR) is 166 cm³/mol. The number of rotatable bonds is 2. The number of para-hydroxylation sites is 3. The van der Waals surface area contributed by atoms with Gasteiger partial charge in [0.25, 0.3) is 0 Å². The van der Waals surface area contributed by atoms with E-state index in [2.05, 4.69) is 126 Å². The normalized spacial score (nSPS) is 12.1. The van der Waals surface area contributed by atoms with E-state index in [1.165, 1.54) is 64.2 Å². The number of furan rings is 1. The van der Waals surface area contributed by atoms with Crippen molar-refractivity contribution in [2.45, 2.75) is 0 Å². The van der Waals surface area contributed by atoms with Gasteiger partial charge < -0.3 is 8.98 Å². The molecule has 0 aliphatic rings. The minimum atomic E-state index is 0.927. The van der Waals surface area contributed by atoms with E-state index in [4.69, 9.17) is 4.42 Å². The van der Waals surface area contributed by atoms with Gasteiger partial charge in [0.15, 0.2) is 0 Å². The largest absolute Gasteiger partial charge is 0.456 e. The smallest absolute Gasteiger partial charge is 0.136 e. The van der Waals surface area contributed by atoms with Crippen molar-refractivity contribution in [2.24, 2.45) is 0 Å². The van der Waals surface area contributed by atoms with Crippen molar-refractivity contribution in [3.05, 3.63) is 127 Å². The molecule has 0 saturated heterocycles. The lowest BCUT2D eigenvalue weighted by Gasteiger charge is -2.10. The summed E-state index contributed by atoms with van der Waals surface area (Å²) in [5, 5.41) is 7.49. The van der Waals surface area contributed by atoms with Gasteiger partial charge in [-0.1, -0.05) is 91.0 Å². The van der Waals surface area contributed by atoms with Crippen LogP contribution < -0.4 is 0 Å². The molecule has 0 aliphatic carbocycles. The van der Waals surface area contributed by atoms with Crippen molar-refractivity contribution in [3.8, 4) is 16.8 Å². The number of aromatic nitrogens is 1. The third kappa shape index (κ3) is 2.85. The first-order chi connectivity index (χ1) is 19.4. The lowest BCUT2D eigenvalue weighted by molar-refractivity contribution is 0.669. The molecule has 0 N–H and O–H groups in total. The van der Waals surface area contributed by atoms with Gasteiger partial charge in [-0.2, -0.15) is 0 Å². The van der Waals surface area contributed by atoms with Crippen LogP contribution >= 0.6 is 11.3 Å². The Hall–Kier alpha value is -4.86. The summed E-state index contributed by atoms with van der Waals surface area (Å²) < 4.78 is 11.3. The highest BCUT2D eigenvalue weighted by molar-refractivity contribution is 7.26. The van der Waals surface area contributed by atoms with Gasteiger partial charge in [0.05, 0.1) is 21.4 Å². The molecule has 0 saturated carbocycles. The second-order valence-corrected chi connectivity index (χ2v) is 11.1. The first-order valence-electron chi connectivity index (χ1n) is 13.2. The molecular formula is C36H21NOS. The van der Waals surface area contributed by atoms with Crippen LogP contribution in [0.4, 0.5) is 0 Å². The van der Waals surface area contributed by atoms with Crippen molar-refractivity contribution in [3.63, 3.8) is 0 Å². The Morgan fingerprint density at radius 2 is 1.05 bits per heavy atom. The standard InChI is InChI=1S/C36H21NOS/c1-4-16-28-22(10-1)23-11-2-5-17-29(23)37(28)30-18-7-15-27-35-25(14-9-21-33(35)39-36(27)30)24-13-8-20-32-34(24)26-12-3-6-19-31(26)38-32/h1-21H. The number of fused-ring (bicyclic) bond motifs is 9. The molecule has 0 radical (unpaired) electrons. The fraction of sp³-hybridized carbons (Fsp3) is 0. The zero-order valence-electron chi connectivity index (χ0n) is 20.9. The molecule has 3 aromatic heterocycles. The van der Waals surface area contributed by atoms with Gasteiger partial charge in [-0.3, -0.25) is 0 Å².